The number of methoxy groups -OCH3 is 1. The van der Waals surface area contributed by atoms with Gasteiger partial charge in [-0.25, -0.2) is 4.79 Å². The van der Waals surface area contributed by atoms with Crippen molar-refractivity contribution in [2.75, 3.05) is 36.5 Å². The average Bonchev–Trinajstić information content (AvgIpc) is 3.34. The SMILES string of the molecule is CCCCN1c2cc(NS(=O)(=O)C(F)(F)F)c(N=Nc3nnc(C(=O)OCCOC)s3)cc2CCC1CC. The van der Waals surface area contributed by atoms with E-state index in [0.29, 0.717) is 18.7 Å². The van der Waals surface area contributed by atoms with Crippen LogP contribution in [0.3, 0.4) is 0 Å². The van der Waals surface area contributed by atoms with Gasteiger partial charge < -0.3 is 14.4 Å². The lowest BCUT2D eigenvalue weighted by molar-refractivity contribution is -0.0429. The first-order valence-corrected chi connectivity index (χ1v) is 14.2. The Bertz CT molecular complexity index is 1250. The third kappa shape index (κ3) is 7.17. The van der Waals surface area contributed by atoms with Crippen molar-refractivity contribution >= 4 is 49.5 Å². The van der Waals surface area contributed by atoms with Gasteiger partial charge in [0.1, 0.15) is 12.3 Å². The summed E-state index contributed by atoms with van der Waals surface area (Å²) < 4.78 is 74.9. The molecule has 0 radical (unpaired) electrons. The number of unbranched alkanes of at least 4 members (excludes halogenated alkanes) is 1. The molecule has 0 fully saturated rings. The zero-order valence-electron chi connectivity index (χ0n) is 21.1. The number of hydrogen-bond donors (Lipinski definition) is 1. The Kier molecular flexibility index (Phi) is 10.0. The van der Waals surface area contributed by atoms with E-state index in [2.05, 4.69) is 25.3 Å². The smallest absolute Gasteiger partial charge is 0.458 e. The molecule has 1 aliphatic rings. The van der Waals surface area contributed by atoms with Crippen LogP contribution in [0.4, 0.5) is 35.4 Å². The van der Waals surface area contributed by atoms with Crippen molar-refractivity contribution in [1.82, 2.24) is 10.2 Å². The molecule has 1 unspecified atom stereocenters. The van der Waals surface area contributed by atoms with Crippen LogP contribution in [0.1, 0.15) is 54.9 Å². The van der Waals surface area contributed by atoms with Gasteiger partial charge in [-0.2, -0.15) is 21.6 Å². The minimum atomic E-state index is -5.72. The molecule has 0 bridgehead atoms. The summed E-state index contributed by atoms with van der Waals surface area (Å²) in [6, 6.07) is 3.08. The van der Waals surface area contributed by atoms with Gasteiger partial charge in [-0.15, -0.1) is 20.4 Å². The summed E-state index contributed by atoms with van der Waals surface area (Å²) >= 11 is 0.758. The van der Waals surface area contributed by atoms with Crippen LogP contribution in [-0.4, -0.2) is 63.0 Å². The molecule has 38 heavy (non-hydrogen) atoms. The Morgan fingerprint density at radius 3 is 2.66 bits per heavy atom. The Morgan fingerprint density at radius 1 is 1.24 bits per heavy atom. The number of ether oxygens (including phenoxy) is 2. The van der Waals surface area contributed by atoms with Crippen LogP contribution in [0.5, 0.6) is 0 Å². The van der Waals surface area contributed by atoms with Crippen LogP contribution in [0.25, 0.3) is 0 Å². The maximum atomic E-state index is 13.2. The molecular formula is C22H29F3N6O5S2. The molecule has 0 spiro atoms. The molecule has 0 saturated heterocycles. The lowest BCUT2D eigenvalue weighted by Gasteiger charge is -2.39. The topological polar surface area (TPSA) is 135 Å². The summed E-state index contributed by atoms with van der Waals surface area (Å²) in [5.74, 6) is -0.744. The van der Waals surface area contributed by atoms with Crippen molar-refractivity contribution < 1.29 is 35.9 Å². The number of anilines is 2. The number of rotatable bonds is 12. The van der Waals surface area contributed by atoms with Crippen molar-refractivity contribution in [2.24, 2.45) is 10.2 Å². The van der Waals surface area contributed by atoms with Crippen molar-refractivity contribution in [2.45, 2.75) is 57.5 Å². The number of aromatic nitrogens is 2. The molecule has 3 rings (SSSR count). The lowest BCUT2D eigenvalue weighted by Crippen LogP contribution is -2.39. The molecule has 1 N–H and O–H groups in total. The minimum absolute atomic E-state index is 0.0117. The molecule has 210 valence electrons. The molecule has 2 heterocycles. The Labute approximate surface area is 222 Å². The molecule has 16 heteroatoms. The number of fused-ring (bicyclic) bond motifs is 1. The van der Waals surface area contributed by atoms with Gasteiger partial charge in [0.05, 0.1) is 12.3 Å². The van der Waals surface area contributed by atoms with Crippen molar-refractivity contribution in [1.29, 1.82) is 0 Å². The number of halogens is 3. The molecule has 1 aliphatic heterocycles. The summed E-state index contributed by atoms with van der Waals surface area (Å²) in [5, 5.41) is 15.1. The average molecular weight is 579 g/mol. The monoisotopic (exact) mass is 578 g/mol. The van der Waals surface area contributed by atoms with E-state index in [0.717, 1.165) is 42.6 Å². The lowest BCUT2D eigenvalue weighted by atomic mass is 9.93. The van der Waals surface area contributed by atoms with E-state index in [9.17, 15) is 26.4 Å². The number of azo groups is 1. The number of carbonyl (C=O) groups excluding carboxylic acids is 1. The predicted molar refractivity (Wildman–Crippen MR) is 136 cm³/mol. The van der Waals surface area contributed by atoms with Crippen LogP contribution < -0.4 is 9.62 Å². The normalized spacial score (nSPS) is 16.1. The molecule has 1 aromatic carbocycles. The van der Waals surface area contributed by atoms with Gasteiger partial charge in [0.25, 0.3) is 5.13 Å². The number of alkyl halides is 3. The molecule has 0 saturated carbocycles. The zero-order valence-corrected chi connectivity index (χ0v) is 22.7. The summed E-state index contributed by atoms with van der Waals surface area (Å²) in [5.41, 5.74) is -4.54. The fraction of sp³-hybridized carbons (Fsp3) is 0.591. The Morgan fingerprint density at radius 2 is 2.00 bits per heavy atom. The van der Waals surface area contributed by atoms with E-state index in [-0.39, 0.29) is 40.8 Å². The molecule has 1 atom stereocenters. The number of carbonyl (C=O) groups is 1. The number of aryl methyl sites for hydroxylation is 1. The highest BCUT2D eigenvalue weighted by atomic mass is 32.2. The molecule has 11 nitrogen and oxygen atoms in total. The van der Waals surface area contributed by atoms with E-state index in [4.69, 9.17) is 9.47 Å². The van der Waals surface area contributed by atoms with E-state index in [1.807, 2.05) is 13.8 Å². The first-order valence-electron chi connectivity index (χ1n) is 11.9. The van der Waals surface area contributed by atoms with Crippen molar-refractivity contribution in [3.63, 3.8) is 0 Å². The second-order valence-corrected chi connectivity index (χ2v) is 11.0. The number of esters is 1. The molecule has 1 aromatic heterocycles. The number of sulfonamides is 1. The Hall–Kier alpha value is -2.85. The fourth-order valence-electron chi connectivity index (χ4n) is 3.90. The standard InChI is InChI=1S/C22H29F3N6O5S2/c1-4-6-9-31-15(5-2)8-7-14-12-16(17(13-18(14)31)30-38(33,34)22(23,24)25)26-28-21-29-27-19(37-21)20(32)36-11-10-35-3/h12-13,15,30H,4-11H2,1-3H3. The quantitative estimate of drug-likeness (QED) is 0.202. The van der Waals surface area contributed by atoms with Gasteiger partial charge in [0, 0.05) is 25.4 Å². The number of benzene rings is 1. The summed E-state index contributed by atoms with van der Waals surface area (Å²) in [4.78, 5) is 14.1. The molecular weight excluding hydrogens is 549 g/mol. The molecule has 2 aromatic rings. The maximum absolute atomic E-state index is 13.2. The highest BCUT2D eigenvalue weighted by molar-refractivity contribution is 7.93. The van der Waals surface area contributed by atoms with E-state index < -0.39 is 21.5 Å². The third-order valence-electron chi connectivity index (χ3n) is 5.82. The minimum Gasteiger partial charge on any atom is -0.458 e. The van der Waals surface area contributed by atoms with E-state index >= 15 is 0 Å². The van der Waals surface area contributed by atoms with Gasteiger partial charge in [-0.1, -0.05) is 31.6 Å². The largest absolute Gasteiger partial charge is 0.516 e. The highest BCUT2D eigenvalue weighted by Gasteiger charge is 2.46. The highest BCUT2D eigenvalue weighted by Crippen LogP contribution is 2.41. The van der Waals surface area contributed by atoms with Gasteiger partial charge >= 0.3 is 21.5 Å². The second kappa shape index (κ2) is 12.8. The third-order valence-corrected chi connectivity index (χ3v) is 7.71. The maximum Gasteiger partial charge on any atom is 0.516 e. The van der Waals surface area contributed by atoms with E-state index in [1.165, 1.54) is 19.2 Å². The van der Waals surface area contributed by atoms with Crippen LogP contribution >= 0.6 is 11.3 Å². The summed E-state index contributed by atoms with van der Waals surface area (Å²) in [7, 11) is -4.27. The van der Waals surface area contributed by atoms with Crippen molar-refractivity contribution in [3.05, 3.63) is 22.7 Å². The number of nitrogens with zero attached hydrogens (tertiary/aromatic N) is 5. The zero-order chi connectivity index (χ0) is 27.9. The summed E-state index contributed by atoms with van der Waals surface area (Å²) in [6.45, 7) is 4.96. The van der Waals surface area contributed by atoms with Crippen LogP contribution in [0.15, 0.2) is 22.4 Å². The number of nitrogens with one attached hydrogen (secondary N) is 1. The van der Waals surface area contributed by atoms with Gasteiger partial charge in [0.15, 0.2) is 0 Å². The van der Waals surface area contributed by atoms with Crippen LogP contribution in [0.2, 0.25) is 0 Å². The van der Waals surface area contributed by atoms with Gasteiger partial charge in [-0.3, -0.25) is 4.72 Å². The van der Waals surface area contributed by atoms with Crippen LogP contribution in [-0.2, 0) is 25.9 Å². The van der Waals surface area contributed by atoms with Crippen LogP contribution in [0, 0.1) is 0 Å². The van der Waals surface area contributed by atoms with Gasteiger partial charge in [-0.05, 0) is 43.4 Å². The second-order valence-electron chi connectivity index (χ2n) is 8.42. The predicted octanol–water partition coefficient (Wildman–Crippen LogP) is 5.35. The van der Waals surface area contributed by atoms with E-state index in [1.54, 1.807) is 4.72 Å². The fourth-order valence-corrected chi connectivity index (χ4v) is 5.03. The molecule has 0 aliphatic carbocycles. The first-order chi connectivity index (χ1) is 18.0. The number of hydrogen-bond acceptors (Lipinski definition) is 11. The molecule has 0 amide bonds. The Balaban J connectivity index is 1.98. The first kappa shape index (κ1) is 29.7. The van der Waals surface area contributed by atoms with Crippen molar-refractivity contribution in [3.8, 4) is 0 Å². The van der Waals surface area contributed by atoms with Gasteiger partial charge in [0.2, 0.25) is 5.01 Å². The summed E-state index contributed by atoms with van der Waals surface area (Å²) in [6.07, 6.45) is 4.10.